The molecule has 0 radical (unpaired) electrons. The molecule has 2 fully saturated rings. The summed E-state index contributed by atoms with van der Waals surface area (Å²) in [7, 11) is 0. The van der Waals surface area contributed by atoms with Gasteiger partial charge in [-0.05, 0) is 80.2 Å². The van der Waals surface area contributed by atoms with Crippen LogP contribution in [0.25, 0.3) is 0 Å². The Morgan fingerprint density at radius 3 is 2.88 bits per heavy atom. The lowest BCUT2D eigenvalue weighted by Gasteiger charge is -2.56. The molecule has 3 atom stereocenters. The molecule has 3 aliphatic rings. The average Bonchev–Trinajstić information content (AvgIpc) is 3.37. The Labute approximate surface area is 149 Å². The van der Waals surface area contributed by atoms with Gasteiger partial charge in [0.25, 0.3) is 0 Å². The molecule has 0 amide bonds. The van der Waals surface area contributed by atoms with Crippen LogP contribution < -0.4 is 0 Å². The lowest BCUT2D eigenvalue weighted by molar-refractivity contribution is -0.137. The number of phenols is 1. The molecule has 136 valence electrons. The Balaban J connectivity index is 1.66. The number of hydrogen-bond donors (Lipinski definition) is 2. The van der Waals surface area contributed by atoms with Gasteiger partial charge in [0, 0.05) is 24.4 Å². The molecule has 1 aliphatic heterocycles. The van der Waals surface area contributed by atoms with Crippen LogP contribution in [-0.2, 0) is 16.6 Å². The summed E-state index contributed by atoms with van der Waals surface area (Å²) in [5.74, 6) is 1.03. The zero-order chi connectivity index (χ0) is 17.6. The van der Waals surface area contributed by atoms with E-state index in [-0.39, 0.29) is 11.8 Å². The molecule has 4 rings (SSSR count). The SMILES string of the molecule is C[C@H]1[C@H]2Cc3ccc(O)cc3[C@]1(CCCC(=O)O)CCN2CC1CC1. The molecule has 25 heavy (non-hydrogen) atoms. The van der Waals surface area contributed by atoms with E-state index in [1.54, 1.807) is 6.07 Å². The van der Waals surface area contributed by atoms with Crippen molar-refractivity contribution in [3.63, 3.8) is 0 Å². The van der Waals surface area contributed by atoms with Gasteiger partial charge in [0.1, 0.15) is 5.75 Å². The van der Waals surface area contributed by atoms with Gasteiger partial charge < -0.3 is 10.2 Å². The number of carboxylic acids is 1. The Kier molecular flexibility index (Phi) is 4.27. The number of carbonyl (C=O) groups is 1. The summed E-state index contributed by atoms with van der Waals surface area (Å²) in [4.78, 5) is 13.7. The fraction of sp³-hybridized carbons (Fsp3) is 0.667. The first-order valence-electron chi connectivity index (χ1n) is 9.78. The van der Waals surface area contributed by atoms with Gasteiger partial charge in [-0.25, -0.2) is 0 Å². The summed E-state index contributed by atoms with van der Waals surface area (Å²) >= 11 is 0. The van der Waals surface area contributed by atoms with E-state index in [1.807, 2.05) is 6.07 Å². The molecule has 0 aromatic heterocycles. The van der Waals surface area contributed by atoms with Gasteiger partial charge in [0.15, 0.2) is 0 Å². The smallest absolute Gasteiger partial charge is 0.303 e. The van der Waals surface area contributed by atoms with Crippen molar-refractivity contribution in [2.45, 2.75) is 63.3 Å². The highest BCUT2D eigenvalue weighted by atomic mass is 16.4. The highest BCUT2D eigenvalue weighted by Gasteiger charge is 2.51. The van der Waals surface area contributed by atoms with Crippen LogP contribution in [0, 0.1) is 11.8 Å². The van der Waals surface area contributed by atoms with Gasteiger partial charge in [-0.3, -0.25) is 9.69 Å². The molecule has 2 bridgehead atoms. The van der Waals surface area contributed by atoms with Crippen LogP contribution in [0.4, 0.5) is 0 Å². The number of rotatable bonds is 6. The molecule has 4 nitrogen and oxygen atoms in total. The highest BCUT2D eigenvalue weighted by molar-refractivity contribution is 5.66. The maximum absolute atomic E-state index is 11.0. The predicted octanol–water partition coefficient (Wildman–Crippen LogP) is 3.56. The van der Waals surface area contributed by atoms with Gasteiger partial charge in [0.05, 0.1) is 0 Å². The molecule has 1 saturated heterocycles. The van der Waals surface area contributed by atoms with E-state index in [2.05, 4.69) is 17.9 Å². The largest absolute Gasteiger partial charge is 0.508 e. The second-order valence-corrected chi connectivity index (χ2v) is 8.49. The summed E-state index contributed by atoms with van der Waals surface area (Å²) in [6.45, 7) is 4.69. The van der Waals surface area contributed by atoms with Crippen molar-refractivity contribution in [3.05, 3.63) is 29.3 Å². The number of phenolic OH excluding ortho intramolecular Hbond substituents is 1. The second-order valence-electron chi connectivity index (χ2n) is 8.49. The lowest BCUT2D eigenvalue weighted by Crippen LogP contribution is -2.59. The van der Waals surface area contributed by atoms with Crippen LogP contribution in [0.2, 0.25) is 0 Å². The molecular formula is C21H29NO3. The van der Waals surface area contributed by atoms with Gasteiger partial charge >= 0.3 is 5.97 Å². The van der Waals surface area contributed by atoms with E-state index in [1.165, 1.54) is 30.5 Å². The third-order valence-electron chi connectivity index (χ3n) is 7.03. The quantitative estimate of drug-likeness (QED) is 0.829. The summed E-state index contributed by atoms with van der Waals surface area (Å²) in [6.07, 6.45) is 6.75. The molecule has 2 aliphatic carbocycles. The number of nitrogens with zero attached hydrogens (tertiary/aromatic N) is 1. The topological polar surface area (TPSA) is 60.8 Å². The average molecular weight is 343 g/mol. The number of aliphatic carboxylic acids is 1. The maximum Gasteiger partial charge on any atom is 0.303 e. The van der Waals surface area contributed by atoms with E-state index in [0.717, 1.165) is 31.7 Å². The molecule has 1 aromatic rings. The van der Waals surface area contributed by atoms with Crippen molar-refractivity contribution in [2.75, 3.05) is 13.1 Å². The summed E-state index contributed by atoms with van der Waals surface area (Å²) < 4.78 is 0. The standard InChI is InChI=1S/C21H29NO3/c1-14-19-11-16-6-7-17(23)12-18(16)21(14,8-2-3-20(24)25)9-10-22(19)13-15-4-5-15/h6-7,12,14-15,19,23H,2-5,8-11,13H2,1H3,(H,24,25)/t14-,19+,21+/m0/s1. The van der Waals surface area contributed by atoms with Gasteiger partial charge in [0.2, 0.25) is 0 Å². The first kappa shape index (κ1) is 16.9. The number of fused-ring (bicyclic) bond motifs is 4. The van der Waals surface area contributed by atoms with E-state index in [0.29, 0.717) is 24.1 Å². The molecule has 0 spiro atoms. The van der Waals surface area contributed by atoms with Crippen molar-refractivity contribution in [1.82, 2.24) is 4.90 Å². The van der Waals surface area contributed by atoms with Crippen LogP contribution >= 0.6 is 0 Å². The van der Waals surface area contributed by atoms with E-state index < -0.39 is 5.97 Å². The predicted molar refractivity (Wildman–Crippen MR) is 96.8 cm³/mol. The Morgan fingerprint density at radius 1 is 1.36 bits per heavy atom. The fourth-order valence-corrected chi connectivity index (χ4v) is 5.44. The number of benzene rings is 1. The lowest BCUT2D eigenvalue weighted by atomic mass is 9.56. The number of aromatic hydroxyl groups is 1. The Bertz CT molecular complexity index is 669. The second kappa shape index (κ2) is 6.31. The highest BCUT2D eigenvalue weighted by Crippen LogP contribution is 2.52. The van der Waals surface area contributed by atoms with Gasteiger partial charge in [-0.2, -0.15) is 0 Å². The van der Waals surface area contributed by atoms with Crippen molar-refractivity contribution in [2.24, 2.45) is 11.8 Å². The summed E-state index contributed by atoms with van der Waals surface area (Å²) in [5.41, 5.74) is 2.66. The van der Waals surface area contributed by atoms with Crippen LogP contribution in [0.5, 0.6) is 5.75 Å². The number of carboxylic acid groups (broad SMARTS) is 1. The molecule has 1 heterocycles. The molecule has 1 aromatic carbocycles. The van der Waals surface area contributed by atoms with Crippen LogP contribution in [0.15, 0.2) is 18.2 Å². The third-order valence-corrected chi connectivity index (χ3v) is 7.03. The first-order chi connectivity index (χ1) is 12.0. The molecule has 2 N–H and O–H groups in total. The van der Waals surface area contributed by atoms with Crippen molar-refractivity contribution >= 4 is 5.97 Å². The number of hydrogen-bond acceptors (Lipinski definition) is 3. The van der Waals surface area contributed by atoms with Gasteiger partial charge in [-0.15, -0.1) is 0 Å². The molecule has 4 heteroatoms. The van der Waals surface area contributed by atoms with Crippen molar-refractivity contribution in [3.8, 4) is 5.75 Å². The monoisotopic (exact) mass is 343 g/mol. The Hall–Kier alpha value is -1.55. The summed E-state index contributed by atoms with van der Waals surface area (Å²) in [5, 5.41) is 19.1. The van der Waals surface area contributed by atoms with Crippen molar-refractivity contribution in [1.29, 1.82) is 0 Å². The summed E-state index contributed by atoms with van der Waals surface area (Å²) in [6, 6.07) is 6.41. The third kappa shape index (κ3) is 3.05. The molecular weight excluding hydrogens is 314 g/mol. The van der Waals surface area contributed by atoms with E-state index in [9.17, 15) is 9.90 Å². The zero-order valence-electron chi connectivity index (χ0n) is 15.1. The normalized spacial score (nSPS) is 31.6. The Morgan fingerprint density at radius 2 is 2.16 bits per heavy atom. The van der Waals surface area contributed by atoms with Crippen LogP contribution in [0.3, 0.4) is 0 Å². The maximum atomic E-state index is 11.0. The molecule has 1 saturated carbocycles. The minimum absolute atomic E-state index is 0.0203. The van der Waals surface area contributed by atoms with Gasteiger partial charge in [-0.1, -0.05) is 13.0 Å². The fourth-order valence-electron chi connectivity index (χ4n) is 5.44. The number of likely N-dealkylation sites (tertiary alicyclic amines) is 1. The zero-order valence-corrected chi connectivity index (χ0v) is 15.1. The van der Waals surface area contributed by atoms with E-state index in [4.69, 9.17) is 5.11 Å². The minimum atomic E-state index is -0.710. The van der Waals surface area contributed by atoms with Crippen molar-refractivity contribution < 1.29 is 15.0 Å². The number of piperidine rings is 1. The minimum Gasteiger partial charge on any atom is -0.508 e. The van der Waals surface area contributed by atoms with Crippen LogP contribution in [0.1, 0.15) is 56.6 Å². The molecule has 0 unspecified atom stereocenters. The van der Waals surface area contributed by atoms with Crippen LogP contribution in [-0.4, -0.2) is 40.2 Å². The first-order valence-corrected chi connectivity index (χ1v) is 9.78. The van der Waals surface area contributed by atoms with E-state index >= 15 is 0 Å².